The highest BCUT2D eigenvalue weighted by atomic mass is 16.6. The van der Waals surface area contributed by atoms with Crippen LogP contribution in [-0.2, 0) is 66.6 Å². The second kappa shape index (κ2) is 30.9. The second-order valence-electron chi connectivity index (χ2n) is 17.1. The smallest absolute Gasteiger partial charge is 0.264 e. The number of nitrogens with one attached hydrogen (secondary N) is 4. The molecule has 9 amide bonds. The van der Waals surface area contributed by atoms with Gasteiger partial charge in [-0.25, -0.2) is 0 Å². The Morgan fingerprint density at radius 1 is 0.459 bits per heavy atom. The number of rotatable bonds is 37. The standard InChI is InChI=1S/C50H66N6O18/c57-40(52-37-9-5-7-35-44(37)50(65)56(48(35)63)39-12-14-42(59)54-46(39)61)10-2-1-3-16-66-18-20-68-22-24-70-26-28-72-30-32-74-33-31-73-29-27-71-25-23-69-21-19-67-17-15-51-36-8-4-6-34-43(36)49(64)55(47(34)62)38-11-13-41(58)53-45(38)60/h4-9,38-39,51H,1-3,10-33H2,(H,52,57)(H,53,58,60)(H,54,59,61). The number of benzene rings is 2. The number of amides is 9. The molecule has 4 aliphatic heterocycles. The molecule has 0 saturated carbocycles. The van der Waals surface area contributed by atoms with Crippen molar-refractivity contribution in [2.45, 2.75) is 63.5 Å². The van der Waals surface area contributed by atoms with Crippen molar-refractivity contribution in [3.63, 3.8) is 0 Å². The lowest BCUT2D eigenvalue weighted by Crippen LogP contribution is -2.54. The van der Waals surface area contributed by atoms with Gasteiger partial charge in [-0.2, -0.15) is 0 Å². The molecule has 24 nitrogen and oxygen atoms in total. The molecule has 4 N–H and O–H groups in total. The summed E-state index contributed by atoms with van der Waals surface area (Å²) in [5.41, 5.74) is 1.22. The third-order valence-electron chi connectivity index (χ3n) is 11.9. The fourth-order valence-corrected chi connectivity index (χ4v) is 8.28. The summed E-state index contributed by atoms with van der Waals surface area (Å²) in [5.74, 6) is -4.98. The highest BCUT2D eigenvalue weighted by Crippen LogP contribution is 2.34. The number of nitrogens with zero attached hydrogens (tertiary/aromatic N) is 2. The van der Waals surface area contributed by atoms with Crippen LogP contribution in [0.15, 0.2) is 36.4 Å². The first-order chi connectivity index (χ1) is 36.1. The molecular formula is C50H66N6O18. The molecule has 2 saturated heterocycles. The molecule has 0 bridgehead atoms. The predicted molar refractivity (Wildman–Crippen MR) is 259 cm³/mol. The lowest BCUT2D eigenvalue weighted by atomic mass is 10.0. The van der Waals surface area contributed by atoms with Gasteiger partial charge in [0.15, 0.2) is 0 Å². The molecule has 2 fully saturated rings. The van der Waals surface area contributed by atoms with E-state index in [9.17, 15) is 43.2 Å². The van der Waals surface area contributed by atoms with Gasteiger partial charge in [0.1, 0.15) is 12.1 Å². The van der Waals surface area contributed by atoms with Crippen molar-refractivity contribution in [3.05, 3.63) is 58.7 Å². The summed E-state index contributed by atoms with van der Waals surface area (Å²) < 4.78 is 49.8. The molecule has 4 aliphatic rings. The van der Waals surface area contributed by atoms with Crippen molar-refractivity contribution < 1.29 is 85.8 Å². The summed E-state index contributed by atoms with van der Waals surface area (Å²) in [6.45, 7) is 7.83. The van der Waals surface area contributed by atoms with E-state index in [0.717, 1.165) is 22.6 Å². The Morgan fingerprint density at radius 3 is 1.26 bits per heavy atom. The zero-order valence-electron chi connectivity index (χ0n) is 41.5. The van der Waals surface area contributed by atoms with Crippen molar-refractivity contribution in [1.29, 1.82) is 0 Å². The van der Waals surface area contributed by atoms with Gasteiger partial charge in [0, 0.05) is 38.1 Å². The molecule has 74 heavy (non-hydrogen) atoms. The van der Waals surface area contributed by atoms with E-state index in [1.807, 2.05) is 0 Å². The van der Waals surface area contributed by atoms with Gasteiger partial charge in [0.2, 0.25) is 29.5 Å². The summed E-state index contributed by atoms with van der Waals surface area (Å²) in [6.07, 6.45) is 2.51. The number of imide groups is 4. The Morgan fingerprint density at radius 2 is 0.838 bits per heavy atom. The number of anilines is 2. The van der Waals surface area contributed by atoms with Crippen LogP contribution in [0.5, 0.6) is 0 Å². The Balaban J connectivity index is 0.633. The fourth-order valence-electron chi connectivity index (χ4n) is 8.28. The minimum atomic E-state index is -1.09. The maximum atomic E-state index is 13.2. The molecule has 2 aromatic carbocycles. The minimum Gasteiger partial charge on any atom is -0.382 e. The minimum absolute atomic E-state index is 0.0182. The van der Waals surface area contributed by atoms with Crippen molar-refractivity contribution in [1.82, 2.24) is 20.4 Å². The Labute approximate surface area is 428 Å². The van der Waals surface area contributed by atoms with Crippen LogP contribution in [0.3, 0.4) is 0 Å². The van der Waals surface area contributed by atoms with Crippen LogP contribution < -0.4 is 21.3 Å². The third kappa shape index (κ3) is 17.0. The number of carbonyl (C=O) groups excluding carboxylic acids is 9. The molecule has 6 rings (SSSR count). The van der Waals surface area contributed by atoms with Gasteiger partial charge >= 0.3 is 0 Å². The highest BCUT2D eigenvalue weighted by Gasteiger charge is 2.47. The Kier molecular flexibility index (Phi) is 23.9. The number of fused-ring (bicyclic) bond motifs is 2. The van der Waals surface area contributed by atoms with Crippen molar-refractivity contribution in [2.75, 3.05) is 136 Å². The van der Waals surface area contributed by atoms with Gasteiger partial charge in [0.05, 0.1) is 140 Å². The normalized spacial score (nSPS) is 17.5. The number of ether oxygens (including phenoxy) is 9. The van der Waals surface area contributed by atoms with E-state index >= 15 is 0 Å². The Bertz CT molecular complexity index is 2280. The van der Waals surface area contributed by atoms with Gasteiger partial charge < -0.3 is 53.3 Å². The summed E-state index contributed by atoms with van der Waals surface area (Å²) in [4.78, 5) is 115. The molecule has 2 atom stereocenters. The van der Waals surface area contributed by atoms with Crippen molar-refractivity contribution >= 4 is 64.5 Å². The molecule has 0 aliphatic carbocycles. The summed E-state index contributed by atoms with van der Waals surface area (Å²) in [5, 5.41) is 10.2. The van der Waals surface area contributed by atoms with Gasteiger partial charge in [-0.15, -0.1) is 0 Å². The number of unbranched alkanes of at least 4 members (excludes halogenated alkanes) is 2. The van der Waals surface area contributed by atoms with Crippen molar-refractivity contribution in [2.24, 2.45) is 0 Å². The van der Waals surface area contributed by atoms with Gasteiger partial charge in [-0.3, -0.25) is 63.6 Å². The van der Waals surface area contributed by atoms with Crippen LogP contribution in [0.1, 0.15) is 92.8 Å². The van der Waals surface area contributed by atoms with Crippen LogP contribution in [0, 0.1) is 0 Å². The molecule has 404 valence electrons. The molecular weight excluding hydrogens is 973 g/mol. The number of hydrogen-bond acceptors (Lipinski definition) is 19. The topological polar surface area (TPSA) is 291 Å². The quantitative estimate of drug-likeness (QED) is 0.0547. The van der Waals surface area contributed by atoms with E-state index < -0.39 is 59.3 Å². The molecule has 0 radical (unpaired) electrons. The van der Waals surface area contributed by atoms with E-state index in [2.05, 4.69) is 21.3 Å². The van der Waals surface area contributed by atoms with E-state index in [-0.39, 0.29) is 66.0 Å². The first-order valence-electron chi connectivity index (χ1n) is 25.0. The van der Waals surface area contributed by atoms with Crippen LogP contribution in [0.4, 0.5) is 11.4 Å². The van der Waals surface area contributed by atoms with Crippen LogP contribution in [0.2, 0.25) is 0 Å². The Hall–Kier alpha value is -6.09. The largest absolute Gasteiger partial charge is 0.382 e. The molecule has 0 spiro atoms. The monoisotopic (exact) mass is 1040 g/mol. The highest BCUT2D eigenvalue weighted by molar-refractivity contribution is 6.27. The summed E-state index contributed by atoms with van der Waals surface area (Å²) in [7, 11) is 0. The molecule has 24 heteroatoms. The van der Waals surface area contributed by atoms with E-state index in [1.165, 1.54) is 6.07 Å². The van der Waals surface area contributed by atoms with E-state index in [4.69, 9.17) is 42.6 Å². The third-order valence-corrected chi connectivity index (χ3v) is 11.9. The summed E-state index contributed by atoms with van der Waals surface area (Å²) >= 11 is 0. The number of hydrogen-bond donors (Lipinski definition) is 4. The maximum Gasteiger partial charge on any atom is 0.264 e. The van der Waals surface area contributed by atoms with E-state index in [0.29, 0.717) is 138 Å². The predicted octanol–water partition coefficient (Wildman–Crippen LogP) is 1.25. The average Bonchev–Trinajstić information content (AvgIpc) is 3.79. The van der Waals surface area contributed by atoms with E-state index in [1.54, 1.807) is 30.3 Å². The number of carbonyl (C=O) groups is 9. The molecule has 2 aromatic rings. The SMILES string of the molecule is O=C1CCC(N2C(=O)c3cccc(NCCOCCOCCOCCOCCOCCOCCOCCOCCOCCCCCC(=O)Nc4cccc5c4C(=O)N(C4CCC(=O)NC4=O)C5=O)c3C2=O)C(=O)N1. The molecule has 0 aromatic heterocycles. The van der Waals surface area contributed by atoms with Crippen LogP contribution >= 0.6 is 0 Å². The fraction of sp³-hybridized carbons (Fsp3) is 0.580. The lowest BCUT2D eigenvalue weighted by molar-refractivity contribution is -0.137. The second-order valence-corrected chi connectivity index (χ2v) is 17.1. The van der Waals surface area contributed by atoms with Gasteiger partial charge in [-0.1, -0.05) is 18.6 Å². The van der Waals surface area contributed by atoms with Crippen molar-refractivity contribution in [3.8, 4) is 0 Å². The average molecular weight is 1040 g/mol. The zero-order chi connectivity index (χ0) is 52.5. The van der Waals surface area contributed by atoms with Gasteiger partial charge in [-0.05, 0) is 49.9 Å². The lowest BCUT2D eigenvalue weighted by Gasteiger charge is -2.27. The van der Waals surface area contributed by atoms with Gasteiger partial charge in [0.25, 0.3) is 23.6 Å². The molecule has 4 heterocycles. The van der Waals surface area contributed by atoms with Crippen LogP contribution in [0.25, 0.3) is 0 Å². The number of piperidine rings is 2. The zero-order valence-corrected chi connectivity index (χ0v) is 41.5. The first-order valence-corrected chi connectivity index (χ1v) is 25.0. The molecule has 2 unspecified atom stereocenters. The summed E-state index contributed by atoms with van der Waals surface area (Å²) in [6, 6.07) is 7.36. The first kappa shape index (κ1) is 57.2. The van der Waals surface area contributed by atoms with Crippen LogP contribution in [-0.4, -0.2) is 201 Å². The maximum absolute atomic E-state index is 13.2.